The van der Waals surface area contributed by atoms with Gasteiger partial charge < -0.3 is 0 Å². The molecule has 232 valence electrons. The summed E-state index contributed by atoms with van der Waals surface area (Å²) in [6.07, 6.45) is 31.4. The molecule has 5 saturated carbocycles. The maximum atomic E-state index is 2.85. The fraction of sp³-hybridized carbons (Fsp3) is 1.00. The zero-order chi connectivity index (χ0) is 28.8. The van der Waals surface area contributed by atoms with Crippen LogP contribution in [0.5, 0.6) is 0 Å². The number of rotatable bonds is 11. The Morgan fingerprint density at radius 1 is 0.550 bits per heavy atom. The van der Waals surface area contributed by atoms with Gasteiger partial charge in [0.25, 0.3) is 0 Å². The molecule has 0 heteroatoms. The van der Waals surface area contributed by atoms with Gasteiger partial charge in [-0.25, -0.2) is 0 Å². The normalized spacial score (nSPS) is 46.6. The predicted molar refractivity (Wildman–Crippen MR) is 175 cm³/mol. The summed E-state index contributed by atoms with van der Waals surface area (Å²) in [7, 11) is 0. The summed E-state index contributed by atoms with van der Waals surface area (Å²) < 4.78 is 0. The molecule has 0 nitrogen and oxygen atoms in total. The van der Waals surface area contributed by atoms with Crippen LogP contribution < -0.4 is 0 Å². The zero-order valence-electron chi connectivity index (χ0n) is 28.8. The van der Waals surface area contributed by atoms with Gasteiger partial charge in [0.15, 0.2) is 0 Å². The van der Waals surface area contributed by atoms with Crippen LogP contribution in [0.2, 0.25) is 0 Å². The van der Waals surface area contributed by atoms with E-state index in [0.29, 0.717) is 27.1 Å². The summed E-state index contributed by atoms with van der Waals surface area (Å²) in [4.78, 5) is 0. The number of hydrogen-bond donors (Lipinski definition) is 0. The van der Waals surface area contributed by atoms with Crippen molar-refractivity contribution in [3.63, 3.8) is 0 Å². The Balaban J connectivity index is 1.21. The van der Waals surface area contributed by atoms with Crippen LogP contribution >= 0.6 is 0 Å². The quantitative estimate of drug-likeness (QED) is 0.224. The molecular formula is C40H72. The lowest BCUT2D eigenvalue weighted by molar-refractivity contribution is -0.241. The summed E-state index contributed by atoms with van der Waals surface area (Å²) in [6, 6.07) is 0. The second kappa shape index (κ2) is 11.8. The molecule has 0 radical (unpaired) electrons. The zero-order valence-corrected chi connectivity index (χ0v) is 28.8. The summed E-state index contributed by atoms with van der Waals surface area (Å²) in [5, 5.41) is 0. The van der Waals surface area contributed by atoms with E-state index in [1.807, 2.05) is 0 Å². The fourth-order valence-electron chi connectivity index (χ4n) is 14.0. The monoisotopic (exact) mass is 553 g/mol. The molecule has 0 aromatic rings. The van der Waals surface area contributed by atoms with Gasteiger partial charge in [-0.1, -0.05) is 126 Å². The molecule has 40 heavy (non-hydrogen) atoms. The van der Waals surface area contributed by atoms with E-state index in [9.17, 15) is 0 Å². The smallest absolute Gasteiger partial charge is 0.0235 e. The molecule has 0 N–H and O–H groups in total. The van der Waals surface area contributed by atoms with E-state index in [1.54, 1.807) is 32.1 Å². The SMILES string of the molecule is CCCCCCCCCCCC(C)[C@H]1CC[C@]2(C)[C@H]3CC[C@@H]4[C@@]5(C)CCCC(C)(C)[C@@H]5CC[C@@]4(C)[C@]3(C)CC[C@@H]12. The third-order valence-electron chi connectivity index (χ3n) is 16.3. The molecule has 0 bridgehead atoms. The molecule has 5 aliphatic rings. The molecule has 5 fully saturated rings. The van der Waals surface area contributed by atoms with Crippen molar-refractivity contribution in [2.45, 2.75) is 190 Å². The summed E-state index contributed by atoms with van der Waals surface area (Å²) in [5.41, 5.74) is 2.87. The van der Waals surface area contributed by atoms with Crippen LogP contribution in [-0.4, -0.2) is 0 Å². The van der Waals surface area contributed by atoms with E-state index in [0.717, 1.165) is 35.5 Å². The molecule has 0 aromatic carbocycles. The van der Waals surface area contributed by atoms with Crippen molar-refractivity contribution in [1.82, 2.24) is 0 Å². The molecule has 0 heterocycles. The van der Waals surface area contributed by atoms with Crippen LogP contribution in [0, 0.1) is 62.6 Å². The van der Waals surface area contributed by atoms with Gasteiger partial charge in [0.2, 0.25) is 0 Å². The average molecular weight is 553 g/mol. The van der Waals surface area contributed by atoms with Crippen molar-refractivity contribution in [2.75, 3.05) is 0 Å². The molecule has 5 rings (SSSR count). The van der Waals surface area contributed by atoms with Gasteiger partial charge in [0.1, 0.15) is 0 Å². The van der Waals surface area contributed by atoms with Crippen molar-refractivity contribution >= 4 is 0 Å². The van der Waals surface area contributed by atoms with Crippen LogP contribution in [0.25, 0.3) is 0 Å². The molecule has 0 spiro atoms. The van der Waals surface area contributed by atoms with Crippen molar-refractivity contribution in [3.8, 4) is 0 Å². The highest BCUT2D eigenvalue weighted by molar-refractivity contribution is 5.19. The molecule has 0 aromatic heterocycles. The molecule has 0 aliphatic heterocycles. The lowest BCUT2D eigenvalue weighted by atomic mass is 9.32. The van der Waals surface area contributed by atoms with E-state index in [-0.39, 0.29) is 0 Å². The van der Waals surface area contributed by atoms with Gasteiger partial charge in [0, 0.05) is 0 Å². The third kappa shape index (κ3) is 5.10. The molecule has 5 aliphatic carbocycles. The highest BCUT2D eigenvalue weighted by atomic mass is 14.7. The van der Waals surface area contributed by atoms with Crippen molar-refractivity contribution in [2.24, 2.45) is 62.6 Å². The average Bonchev–Trinajstić information content (AvgIpc) is 3.24. The van der Waals surface area contributed by atoms with Gasteiger partial charge in [-0.3, -0.25) is 0 Å². The van der Waals surface area contributed by atoms with Crippen molar-refractivity contribution < 1.29 is 0 Å². The second-order valence-electron chi connectivity index (χ2n) is 18.4. The van der Waals surface area contributed by atoms with Crippen molar-refractivity contribution in [1.29, 1.82) is 0 Å². The summed E-state index contributed by atoms with van der Waals surface area (Å²) >= 11 is 0. The highest BCUT2D eigenvalue weighted by Crippen LogP contribution is 2.78. The predicted octanol–water partition coefficient (Wildman–Crippen LogP) is 13.0. The van der Waals surface area contributed by atoms with Gasteiger partial charge in [-0.05, 0) is 127 Å². The van der Waals surface area contributed by atoms with Gasteiger partial charge in [-0.15, -0.1) is 0 Å². The van der Waals surface area contributed by atoms with Gasteiger partial charge in [-0.2, -0.15) is 0 Å². The van der Waals surface area contributed by atoms with Crippen LogP contribution in [0.15, 0.2) is 0 Å². The second-order valence-corrected chi connectivity index (χ2v) is 18.4. The number of hydrogen-bond acceptors (Lipinski definition) is 0. The number of unbranched alkanes of at least 4 members (excludes halogenated alkanes) is 8. The Morgan fingerprint density at radius 2 is 1.12 bits per heavy atom. The van der Waals surface area contributed by atoms with Crippen molar-refractivity contribution in [3.05, 3.63) is 0 Å². The minimum absolute atomic E-state index is 0.555. The Kier molecular flexibility index (Phi) is 9.29. The Bertz CT molecular complexity index is 839. The first-order valence-corrected chi connectivity index (χ1v) is 18.9. The Hall–Kier alpha value is 0. The minimum atomic E-state index is 0.555. The highest BCUT2D eigenvalue weighted by Gasteiger charge is 2.70. The molecule has 10 atom stereocenters. The lowest BCUT2D eigenvalue weighted by Crippen LogP contribution is -2.65. The van der Waals surface area contributed by atoms with E-state index >= 15 is 0 Å². The van der Waals surface area contributed by atoms with Crippen LogP contribution in [-0.2, 0) is 0 Å². The number of fused-ring (bicyclic) bond motifs is 7. The fourth-order valence-corrected chi connectivity index (χ4v) is 14.0. The standard InChI is InChI=1S/C40H72/c1-9-10-11-12-13-14-15-16-17-19-30(2)31-22-27-37(5)32(31)23-28-39(7)34(37)20-21-35-38(6)26-18-25-36(3,4)33(38)24-29-40(35,39)8/h30-35H,9-29H2,1-8H3/t30?,31-,32+,33+,34-,35-,37+,38+,39-,40-/m1/s1. The van der Waals surface area contributed by atoms with Crippen LogP contribution in [0.1, 0.15) is 190 Å². The minimum Gasteiger partial charge on any atom is -0.0654 e. The van der Waals surface area contributed by atoms with E-state index in [2.05, 4.69) is 55.4 Å². The lowest BCUT2D eigenvalue weighted by Gasteiger charge is -2.73. The first kappa shape index (κ1) is 31.4. The molecule has 0 amide bonds. The molecule has 1 unspecified atom stereocenters. The maximum Gasteiger partial charge on any atom is -0.0235 e. The molecule has 0 saturated heterocycles. The van der Waals surface area contributed by atoms with Gasteiger partial charge in [0.05, 0.1) is 0 Å². The summed E-state index contributed by atoms with van der Waals surface area (Å²) in [6.45, 7) is 21.6. The van der Waals surface area contributed by atoms with E-state index < -0.39 is 0 Å². The van der Waals surface area contributed by atoms with Gasteiger partial charge >= 0.3 is 0 Å². The Labute approximate surface area is 252 Å². The molecular weight excluding hydrogens is 480 g/mol. The topological polar surface area (TPSA) is 0 Å². The van der Waals surface area contributed by atoms with E-state index in [4.69, 9.17) is 0 Å². The van der Waals surface area contributed by atoms with Crippen LogP contribution in [0.3, 0.4) is 0 Å². The van der Waals surface area contributed by atoms with Crippen LogP contribution in [0.4, 0.5) is 0 Å². The third-order valence-corrected chi connectivity index (χ3v) is 16.3. The summed E-state index contributed by atoms with van der Waals surface area (Å²) in [5.74, 6) is 5.87. The largest absolute Gasteiger partial charge is 0.0654 e. The van der Waals surface area contributed by atoms with E-state index in [1.165, 1.54) is 103 Å². The maximum absolute atomic E-state index is 2.85. The first-order valence-electron chi connectivity index (χ1n) is 18.9. The Morgan fingerprint density at radius 3 is 1.77 bits per heavy atom. The first-order chi connectivity index (χ1) is 18.9.